The minimum atomic E-state index is -4.35. The number of carbonyl (C=O) groups excluding carboxylic acids is 1. The minimum absolute atomic E-state index is 0.0397. The molecule has 0 heterocycles. The van der Waals surface area contributed by atoms with Crippen molar-refractivity contribution in [2.24, 2.45) is 11.7 Å². The number of halogens is 2. The van der Waals surface area contributed by atoms with E-state index in [1.165, 1.54) is 0 Å². The zero-order valence-electron chi connectivity index (χ0n) is 11.6. The predicted molar refractivity (Wildman–Crippen MR) is 73.6 cm³/mol. The minimum Gasteiger partial charge on any atom is -0.394 e. The summed E-state index contributed by atoms with van der Waals surface area (Å²) in [5.74, 6) is -3.44. The maximum absolute atomic E-state index is 13.9. The fourth-order valence-electron chi connectivity index (χ4n) is 1.72. The largest absolute Gasteiger partial charge is 0.394 e. The average molecular weight is 321 g/mol. The van der Waals surface area contributed by atoms with Crippen LogP contribution in [0.1, 0.15) is 13.8 Å². The SMILES string of the molecule is CC(C)CN(CC(N)=O)S(=O)(=O)c1ccc(F)c(N)c1F. The first-order chi connectivity index (χ1) is 9.57. The molecule has 1 rings (SSSR count). The van der Waals surface area contributed by atoms with Gasteiger partial charge in [-0.3, -0.25) is 4.79 Å². The van der Waals surface area contributed by atoms with Crippen LogP contribution in [-0.4, -0.2) is 31.7 Å². The number of rotatable bonds is 6. The summed E-state index contributed by atoms with van der Waals surface area (Å²) in [6, 6.07) is 1.52. The second-order valence-corrected chi connectivity index (χ2v) is 6.84. The van der Waals surface area contributed by atoms with Crippen LogP contribution in [0.4, 0.5) is 14.5 Å². The van der Waals surface area contributed by atoms with E-state index in [9.17, 15) is 22.0 Å². The van der Waals surface area contributed by atoms with Crippen LogP contribution in [0.5, 0.6) is 0 Å². The number of hydrogen-bond acceptors (Lipinski definition) is 4. The fourth-order valence-corrected chi connectivity index (χ4v) is 3.36. The van der Waals surface area contributed by atoms with Gasteiger partial charge in [0, 0.05) is 6.54 Å². The van der Waals surface area contributed by atoms with E-state index in [1.807, 2.05) is 0 Å². The third kappa shape index (κ3) is 3.88. The van der Waals surface area contributed by atoms with Crippen molar-refractivity contribution in [3.8, 4) is 0 Å². The van der Waals surface area contributed by atoms with Crippen molar-refractivity contribution in [1.82, 2.24) is 4.31 Å². The van der Waals surface area contributed by atoms with Gasteiger partial charge in [0.05, 0.1) is 6.54 Å². The van der Waals surface area contributed by atoms with E-state index in [2.05, 4.69) is 0 Å². The van der Waals surface area contributed by atoms with Crippen LogP contribution in [-0.2, 0) is 14.8 Å². The first-order valence-electron chi connectivity index (χ1n) is 6.09. The Labute approximate surface area is 121 Å². The van der Waals surface area contributed by atoms with Crippen molar-refractivity contribution < 1.29 is 22.0 Å². The van der Waals surface area contributed by atoms with Gasteiger partial charge < -0.3 is 11.5 Å². The van der Waals surface area contributed by atoms with Crippen LogP contribution in [0, 0.1) is 17.6 Å². The van der Waals surface area contributed by atoms with Gasteiger partial charge in [0.15, 0.2) is 5.82 Å². The Morgan fingerprint density at radius 2 is 1.90 bits per heavy atom. The standard InChI is InChI=1S/C12H17F2N3O3S/c1-7(2)5-17(6-10(15)18)21(19,20)9-4-3-8(13)12(16)11(9)14/h3-4,7H,5-6,16H2,1-2H3,(H2,15,18). The van der Waals surface area contributed by atoms with Crippen molar-refractivity contribution in [3.05, 3.63) is 23.8 Å². The number of primary amides is 1. The van der Waals surface area contributed by atoms with Crippen LogP contribution in [0.15, 0.2) is 17.0 Å². The molecule has 1 amide bonds. The molecule has 0 radical (unpaired) electrons. The Morgan fingerprint density at radius 3 is 2.38 bits per heavy atom. The third-order valence-corrected chi connectivity index (χ3v) is 4.44. The van der Waals surface area contributed by atoms with Gasteiger partial charge >= 0.3 is 0 Å². The molecule has 1 aromatic rings. The van der Waals surface area contributed by atoms with Crippen LogP contribution >= 0.6 is 0 Å². The molecule has 6 nitrogen and oxygen atoms in total. The summed E-state index contributed by atoms with van der Waals surface area (Å²) in [7, 11) is -4.35. The molecule has 0 fully saturated rings. The lowest BCUT2D eigenvalue weighted by Gasteiger charge is -2.23. The Kier molecular flexibility index (Phi) is 5.24. The smallest absolute Gasteiger partial charge is 0.246 e. The normalized spacial score (nSPS) is 12.1. The van der Waals surface area contributed by atoms with Crippen molar-refractivity contribution in [3.63, 3.8) is 0 Å². The summed E-state index contributed by atoms with van der Waals surface area (Å²) in [4.78, 5) is 10.2. The molecular formula is C12H17F2N3O3S. The molecule has 0 unspecified atom stereocenters. The quantitative estimate of drug-likeness (QED) is 0.751. The lowest BCUT2D eigenvalue weighted by Crippen LogP contribution is -2.40. The van der Waals surface area contributed by atoms with Crippen molar-refractivity contribution in [1.29, 1.82) is 0 Å². The van der Waals surface area contributed by atoms with Crippen molar-refractivity contribution in [2.75, 3.05) is 18.8 Å². The molecule has 9 heteroatoms. The predicted octanol–water partition coefficient (Wildman–Crippen LogP) is 0.679. The fraction of sp³-hybridized carbons (Fsp3) is 0.417. The zero-order chi connectivity index (χ0) is 16.4. The molecule has 0 atom stereocenters. The second kappa shape index (κ2) is 6.35. The number of benzene rings is 1. The van der Waals surface area contributed by atoms with Crippen molar-refractivity contribution in [2.45, 2.75) is 18.7 Å². The molecule has 0 saturated heterocycles. The Balaban J connectivity index is 3.35. The Morgan fingerprint density at radius 1 is 1.33 bits per heavy atom. The third-order valence-electron chi connectivity index (χ3n) is 2.61. The molecule has 0 aliphatic rings. The topological polar surface area (TPSA) is 106 Å². The molecule has 0 aromatic heterocycles. The summed E-state index contributed by atoms with van der Waals surface area (Å²) < 4.78 is 52.5. The number of nitrogens with zero attached hydrogens (tertiary/aromatic N) is 1. The summed E-state index contributed by atoms with van der Waals surface area (Å²) in [5, 5.41) is 0. The highest BCUT2D eigenvalue weighted by atomic mass is 32.2. The summed E-state index contributed by atoms with van der Waals surface area (Å²) >= 11 is 0. The Bertz CT molecular complexity index is 647. The number of nitrogen functional groups attached to an aromatic ring is 1. The first-order valence-corrected chi connectivity index (χ1v) is 7.53. The van der Waals surface area contributed by atoms with Gasteiger partial charge in [0.2, 0.25) is 15.9 Å². The van der Waals surface area contributed by atoms with Gasteiger partial charge in [0.1, 0.15) is 16.4 Å². The molecule has 4 N–H and O–H groups in total. The van der Waals surface area contributed by atoms with Gasteiger partial charge in [-0.2, -0.15) is 4.31 Å². The number of sulfonamides is 1. The van der Waals surface area contributed by atoms with E-state index in [1.54, 1.807) is 13.8 Å². The maximum atomic E-state index is 13.9. The number of anilines is 1. The maximum Gasteiger partial charge on any atom is 0.246 e. The van der Waals surface area contributed by atoms with E-state index >= 15 is 0 Å². The molecule has 118 valence electrons. The van der Waals surface area contributed by atoms with Gasteiger partial charge in [0.25, 0.3) is 0 Å². The molecular weight excluding hydrogens is 304 g/mol. The van der Waals surface area contributed by atoms with Crippen LogP contribution < -0.4 is 11.5 Å². The number of nitrogens with two attached hydrogens (primary N) is 2. The molecule has 0 aliphatic heterocycles. The zero-order valence-corrected chi connectivity index (χ0v) is 12.5. The lowest BCUT2D eigenvalue weighted by atomic mass is 10.2. The van der Waals surface area contributed by atoms with Crippen LogP contribution in [0.25, 0.3) is 0 Å². The summed E-state index contributed by atoms with van der Waals surface area (Å²) in [6.45, 7) is 2.80. The second-order valence-electron chi connectivity index (χ2n) is 4.93. The molecule has 0 bridgehead atoms. The van der Waals surface area contributed by atoms with Crippen LogP contribution in [0.3, 0.4) is 0 Å². The van der Waals surface area contributed by atoms with Gasteiger partial charge in [-0.15, -0.1) is 0 Å². The van der Waals surface area contributed by atoms with Gasteiger partial charge in [-0.1, -0.05) is 13.8 Å². The molecule has 1 aromatic carbocycles. The average Bonchev–Trinajstić information content (AvgIpc) is 2.33. The molecule has 0 spiro atoms. The number of hydrogen-bond donors (Lipinski definition) is 2. The molecule has 21 heavy (non-hydrogen) atoms. The van der Waals surface area contributed by atoms with E-state index in [-0.39, 0.29) is 12.5 Å². The van der Waals surface area contributed by atoms with E-state index in [0.29, 0.717) is 0 Å². The molecule has 0 saturated carbocycles. The highest BCUT2D eigenvalue weighted by molar-refractivity contribution is 7.89. The number of amides is 1. The monoisotopic (exact) mass is 321 g/mol. The lowest BCUT2D eigenvalue weighted by molar-refractivity contribution is -0.118. The highest BCUT2D eigenvalue weighted by Crippen LogP contribution is 2.25. The summed E-state index contributed by atoms with van der Waals surface area (Å²) in [5.41, 5.74) is 9.28. The van der Waals surface area contributed by atoms with Gasteiger partial charge in [-0.05, 0) is 18.1 Å². The van der Waals surface area contributed by atoms with E-state index in [0.717, 1.165) is 16.4 Å². The Hall–Kier alpha value is -1.74. The van der Waals surface area contributed by atoms with E-state index < -0.39 is 44.7 Å². The van der Waals surface area contributed by atoms with Crippen LogP contribution in [0.2, 0.25) is 0 Å². The first kappa shape index (κ1) is 17.3. The van der Waals surface area contributed by atoms with E-state index in [4.69, 9.17) is 11.5 Å². The summed E-state index contributed by atoms with van der Waals surface area (Å²) in [6.07, 6.45) is 0. The van der Waals surface area contributed by atoms with Crippen molar-refractivity contribution >= 4 is 21.6 Å². The van der Waals surface area contributed by atoms with Gasteiger partial charge in [-0.25, -0.2) is 17.2 Å². The molecule has 0 aliphatic carbocycles. The highest BCUT2D eigenvalue weighted by Gasteiger charge is 2.30. The number of carbonyl (C=O) groups is 1.